The number of hydrogen-bond acceptors (Lipinski definition) is 3. The Kier molecular flexibility index (Phi) is 4.08. The van der Waals surface area contributed by atoms with Crippen LogP contribution in [0.1, 0.15) is 57.1 Å². The molecule has 1 aromatic rings. The summed E-state index contributed by atoms with van der Waals surface area (Å²) in [5.41, 5.74) is 0. The lowest BCUT2D eigenvalue weighted by Gasteiger charge is -2.28. The first kappa shape index (κ1) is 14.3. The van der Waals surface area contributed by atoms with Gasteiger partial charge in [0.25, 0.3) is 0 Å². The Bertz CT molecular complexity index is 546. The molecule has 0 unspecified atom stereocenters. The van der Waals surface area contributed by atoms with Gasteiger partial charge in [0.2, 0.25) is 5.91 Å². The average Bonchev–Trinajstić information content (AvgIpc) is 2.91. The Morgan fingerprint density at radius 2 is 2.19 bits per heavy atom. The number of aromatic nitrogens is 3. The lowest BCUT2D eigenvalue weighted by atomic mass is 9.93. The fourth-order valence-electron chi connectivity index (χ4n) is 3.24. The van der Waals surface area contributed by atoms with E-state index in [1.165, 1.54) is 0 Å². The number of hydrogen-bond donors (Lipinski definition) is 1. The Hall–Kier alpha value is -1.65. The Morgan fingerprint density at radius 1 is 1.33 bits per heavy atom. The van der Waals surface area contributed by atoms with Crippen molar-refractivity contribution in [2.45, 2.75) is 64.5 Å². The van der Waals surface area contributed by atoms with Crippen LogP contribution < -0.4 is 5.32 Å². The van der Waals surface area contributed by atoms with Crippen molar-refractivity contribution in [1.82, 2.24) is 20.1 Å². The van der Waals surface area contributed by atoms with E-state index in [-0.39, 0.29) is 17.9 Å². The number of rotatable bonds is 3. The second-order valence-electron chi connectivity index (χ2n) is 6.47. The fourth-order valence-corrected chi connectivity index (χ4v) is 3.24. The minimum absolute atomic E-state index is 0.155. The van der Waals surface area contributed by atoms with Gasteiger partial charge in [-0.3, -0.25) is 4.79 Å². The normalized spacial score (nSPS) is 24.9. The molecule has 114 valence electrons. The monoisotopic (exact) mass is 288 g/mol. The van der Waals surface area contributed by atoms with Crippen molar-refractivity contribution in [1.29, 1.82) is 0 Å². The second kappa shape index (κ2) is 6.00. The highest BCUT2D eigenvalue weighted by molar-refractivity contribution is 5.79. The number of aryl methyl sites for hydroxylation is 1. The summed E-state index contributed by atoms with van der Waals surface area (Å²) < 4.78 is 2.19. The van der Waals surface area contributed by atoms with E-state index in [2.05, 4.69) is 46.1 Å². The molecule has 21 heavy (non-hydrogen) atoms. The van der Waals surface area contributed by atoms with E-state index in [1.807, 2.05) is 0 Å². The molecule has 0 saturated carbocycles. The number of amides is 1. The van der Waals surface area contributed by atoms with Gasteiger partial charge in [0.15, 0.2) is 0 Å². The van der Waals surface area contributed by atoms with Crippen molar-refractivity contribution < 1.29 is 4.79 Å². The highest BCUT2D eigenvalue weighted by Gasteiger charge is 2.27. The van der Waals surface area contributed by atoms with Gasteiger partial charge < -0.3 is 9.88 Å². The van der Waals surface area contributed by atoms with Crippen molar-refractivity contribution in [2.75, 3.05) is 0 Å². The maximum atomic E-state index is 12.3. The van der Waals surface area contributed by atoms with Crippen molar-refractivity contribution in [3.8, 4) is 0 Å². The zero-order valence-corrected chi connectivity index (χ0v) is 12.9. The fraction of sp³-hybridized carbons (Fsp3) is 0.688. The molecule has 0 aromatic carbocycles. The summed E-state index contributed by atoms with van der Waals surface area (Å²) in [4.78, 5) is 12.3. The molecule has 0 saturated heterocycles. The third kappa shape index (κ3) is 3.01. The molecule has 2 atom stereocenters. The number of carbonyl (C=O) groups is 1. The van der Waals surface area contributed by atoms with E-state index in [4.69, 9.17) is 0 Å². The molecule has 2 heterocycles. The number of fused-ring (bicyclic) bond motifs is 1. The number of carbonyl (C=O) groups excluding carboxylic acids is 1. The molecule has 0 bridgehead atoms. The largest absolute Gasteiger partial charge is 0.351 e. The lowest BCUT2D eigenvalue weighted by molar-refractivity contribution is -0.126. The van der Waals surface area contributed by atoms with E-state index >= 15 is 0 Å². The molecule has 0 fully saturated rings. The summed E-state index contributed by atoms with van der Waals surface area (Å²) in [6, 6.07) is 0.212. The van der Waals surface area contributed by atoms with Crippen molar-refractivity contribution in [2.24, 2.45) is 5.92 Å². The van der Waals surface area contributed by atoms with E-state index < -0.39 is 0 Å². The molecule has 1 aliphatic carbocycles. The van der Waals surface area contributed by atoms with E-state index in [0.717, 1.165) is 50.3 Å². The van der Waals surface area contributed by atoms with Gasteiger partial charge in [-0.2, -0.15) is 0 Å². The summed E-state index contributed by atoms with van der Waals surface area (Å²) in [6.45, 7) is 5.08. The third-order valence-electron chi connectivity index (χ3n) is 4.48. The lowest BCUT2D eigenvalue weighted by Crippen LogP contribution is -2.44. The summed E-state index contributed by atoms with van der Waals surface area (Å²) in [5.74, 6) is 2.83. The van der Waals surface area contributed by atoms with Gasteiger partial charge in [0.05, 0.1) is 0 Å². The van der Waals surface area contributed by atoms with Gasteiger partial charge in [-0.25, -0.2) is 0 Å². The van der Waals surface area contributed by atoms with Crippen LogP contribution in [0.15, 0.2) is 12.2 Å². The molecule has 0 spiro atoms. The molecule has 5 heteroatoms. The summed E-state index contributed by atoms with van der Waals surface area (Å²) in [7, 11) is 0. The van der Waals surface area contributed by atoms with Gasteiger partial charge in [0, 0.05) is 30.8 Å². The van der Waals surface area contributed by atoms with Crippen molar-refractivity contribution >= 4 is 5.91 Å². The maximum absolute atomic E-state index is 12.3. The van der Waals surface area contributed by atoms with Crippen LogP contribution in [0.2, 0.25) is 0 Å². The quantitative estimate of drug-likeness (QED) is 0.867. The molecule has 2 aliphatic rings. The van der Waals surface area contributed by atoms with Gasteiger partial charge in [-0.05, 0) is 25.7 Å². The van der Waals surface area contributed by atoms with Crippen LogP contribution in [0.3, 0.4) is 0 Å². The average molecular weight is 288 g/mol. The minimum Gasteiger partial charge on any atom is -0.351 e. The van der Waals surface area contributed by atoms with Gasteiger partial charge in [0.1, 0.15) is 11.6 Å². The van der Waals surface area contributed by atoms with Crippen LogP contribution in [-0.2, 0) is 17.8 Å². The second-order valence-corrected chi connectivity index (χ2v) is 6.47. The van der Waals surface area contributed by atoms with Crippen LogP contribution in [0, 0.1) is 5.92 Å². The van der Waals surface area contributed by atoms with Crippen LogP contribution >= 0.6 is 0 Å². The van der Waals surface area contributed by atoms with Crippen LogP contribution in [0.4, 0.5) is 0 Å². The molecule has 1 N–H and O–H groups in total. The third-order valence-corrected chi connectivity index (χ3v) is 4.48. The standard InChI is InChI=1S/C16H24N4O/c1-11(2)15-19-18-14-9-8-13(10-20(14)15)17-16(21)12-6-4-3-5-7-12/h3-4,11-13H,5-10H2,1-2H3,(H,17,21)/t12-,13+/m1/s1. The first-order valence-corrected chi connectivity index (χ1v) is 8.02. The Morgan fingerprint density at radius 3 is 2.90 bits per heavy atom. The molecular formula is C16H24N4O. The zero-order valence-electron chi connectivity index (χ0n) is 12.9. The molecule has 1 aromatic heterocycles. The highest BCUT2D eigenvalue weighted by atomic mass is 16.1. The van der Waals surface area contributed by atoms with Crippen molar-refractivity contribution in [3.05, 3.63) is 23.8 Å². The first-order chi connectivity index (χ1) is 10.1. The van der Waals surface area contributed by atoms with E-state index in [0.29, 0.717) is 5.92 Å². The summed E-state index contributed by atoms with van der Waals surface area (Å²) in [6.07, 6.45) is 9.04. The van der Waals surface area contributed by atoms with Crippen LogP contribution in [0.25, 0.3) is 0 Å². The highest BCUT2D eigenvalue weighted by Crippen LogP contribution is 2.22. The number of nitrogens with one attached hydrogen (secondary N) is 1. The van der Waals surface area contributed by atoms with E-state index in [9.17, 15) is 4.79 Å². The molecule has 1 aliphatic heterocycles. The Labute approximate surface area is 125 Å². The van der Waals surface area contributed by atoms with Gasteiger partial charge in [-0.15, -0.1) is 10.2 Å². The Balaban J connectivity index is 1.64. The molecule has 3 rings (SSSR count). The van der Waals surface area contributed by atoms with Crippen LogP contribution in [0.5, 0.6) is 0 Å². The predicted molar refractivity (Wildman–Crippen MR) is 80.8 cm³/mol. The maximum Gasteiger partial charge on any atom is 0.223 e. The van der Waals surface area contributed by atoms with Crippen molar-refractivity contribution in [3.63, 3.8) is 0 Å². The topological polar surface area (TPSA) is 59.8 Å². The van der Waals surface area contributed by atoms with Crippen LogP contribution in [-0.4, -0.2) is 26.7 Å². The predicted octanol–water partition coefficient (Wildman–Crippen LogP) is 2.19. The smallest absolute Gasteiger partial charge is 0.223 e. The summed E-state index contributed by atoms with van der Waals surface area (Å²) >= 11 is 0. The summed E-state index contributed by atoms with van der Waals surface area (Å²) in [5, 5.41) is 11.8. The molecule has 5 nitrogen and oxygen atoms in total. The number of allylic oxidation sites excluding steroid dienone is 2. The first-order valence-electron chi connectivity index (χ1n) is 8.02. The molecule has 0 radical (unpaired) electrons. The SMILES string of the molecule is CC(C)c1nnc2n1C[C@@H](NC(=O)[C@@H]1CC=CCC1)CC2. The zero-order chi connectivity index (χ0) is 14.8. The minimum atomic E-state index is 0.155. The number of nitrogens with zero attached hydrogens (tertiary/aromatic N) is 3. The van der Waals surface area contributed by atoms with Gasteiger partial charge in [-0.1, -0.05) is 26.0 Å². The molecular weight excluding hydrogens is 264 g/mol. The van der Waals surface area contributed by atoms with E-state index in [1.54, 1.807) is 0 Å². The molecule has 1 amide bonds. The van der Waals surface area contributed by atoms with Gasteiger partial charge >= 0.3 is 0 Å².